The number of hydrogen-bond acceptors (Lipinski definition) is 5. The van der Waals surface area contributed by atoms with Gasteiger partial charge in [-0.3, -0.25) is 0 Å². The van der Waals surface area contributed by atoms with Crippen LogP contribution in [0.1, 0.15) is 29.8 Å². The van der Waals surface area contributed by atoms with Crippen LogP contribution in [0.25, 0.3) is 11.0 Å². The van der Waals surface area contributed by atoms with Crippen LogP contribution in [-0.2, 0) is 6.42 Å². The average molecular weight is 367 g/mol. The first-order chi connectivity index (χ1) is 13.7. The van der Waals surface area contributed by atoms with Gasteiger partial charge in [0.1, 0.15) is 0 Å². The molecule has 1 heterocycles. The Labute approximate surface area is 164 Å². The first-order valence-electron chi connectivity index (χ1n) is 9.25. The standard InChI is InChI=1S/C23H21N5/c1-16(18-11-13-19(24)14-12-18)27-28-23-22(15-17-7-3-2-4-8-17)25-20-9-5-6-10-21(20)26-23/h2-14,16H,15,24H2,1H3. The molecule has 0 amide bonds. The summed E-state index contributed by atoms with van der Waals surface area (Å²) in [6.45, 7) is 2.00. The summed E-state index contributed by atoms with van der Waals surface area (Å²) in [7, 11) is 0. The van der Waals surface area contributed by atoms with E-state index in [1.165, 1.54) is 0 Å². The van der Waals surface area contributed by atoms with Crippen molar-refractivity contribution in [3.8, 4) is 0 Å². The minimum Gasteiger partial charge on any atom is -0.399 e. The first kappa shape index (κ1) is 17.8. The number of hydrogen-bond donors (Lipinski definition) is 1. The van der Waals surface area contributed by atoms with E-state index in [0.29, 0.717) is 12.2 Å². The van der Waals surface area contributed by atoms with Crippen LogP contribution >= 0.6 is 0 Å². The van der Waals surface area contributed by atoms with Crippen molar-refractivity contribution in [3.63, 3.8) is 0 Å². The second-order valence-corrected chi connectivity index (χ2v) is 6.70. The van der Waals surface area contributed by atoms with Crippen molar-refractivity contribution in [3.05, 3.63) is 95.7 Å². The van der Waals surface area contributed by atoms with E-state index in [-0.39, 0.29) is 6.04 Å². The summed E-state index contributed by atoms with van der Waals surface area (Å²) in [5.74, 6) is 0.560. The molecule has 0 bridgehead atoms. The van der Waals surface area contributed by atoms with Gasteiger partial charge in [0.2, 0.25) is 0 Å². The molecule has 0 radical (unpaired) electrons. The number of para-hydroxylation sites is 2. The normalized spacial score (nSPS) is 12.5. The van der Waals surface area contributed by atoms with Gasteiger partial charge in [-0.1, -0.05) is 54.6 Å². The molecular weight excluding hydrogens is 346 g/mol. The Kier molecular flexibility index (Phi) is 5.06. The molecule has 28 heavy (non-hydrogen) atoms. The Hall–Kier alpha value is -3.60. The van der Waals surface area contributed by atoms with Crippen molar-refractivity contribution < 1.29 is 0 Å². The highest BCUT2D eigenvalue weighted by Gasteiger charge is 2.11. The lowest BCUT2D eigenvalue weighted by Crippen LogP contribution is -1.97. The third-order valence-electron chi connectivity index (χ3n) is 4.58. The number of rotatable bonds is 5. The molecule has 0 aliphatic rings. The quantitative estimate of drug-likeness (QED) is 0.366. The van der Waals surface area contributed by atoms with Crippen LogP contribution in [0.4, 0.5) is 11.5 Å². The van der Waals surface area contributed by atoms with Crippen LogP contribution in [-0.4, -0.2) is 9.97 Å². The smallest absolute Gasteiger partial charge is 0.196 e. The lowest BCUT2D eigenvalue weighted by Gasteiger charge is -2.08. The molecule has 5 nitrogen and oxygen atoms in total. The maximum absolute atomic E-state index is 5.77. The summed E-state index contributed by atoms with van der Waals surface area (Å²) in [6, 6.07) is 25.6. The van der Waals surface area contributed by atoms with Crippen LogP contribution in [0.3, 0.4) is 0 Å². The van der Waals surface area contributed by atoms with Crippen LogP contribution in [0.15, 0.2) is 89.1 Å². The molecule has 0 aliphatic carbocycles. The van der Waals surface area contributed by atoms with E-state index in [9.17, 15) is 0 Å². The van der Waals surface area contributed by atoms with Crippen LogP contribution < -0.4 is 5.73 Å². The molecule has 1 aromatic heterocycles. The topological polar surface area (TPSA) is 76.5 Å². The molecule has 3 aromatic carbocycles. The molecule has 0 spiro atoms. The fourth-order valence-electron chi connectivity index (χ4n) is 3.00. The molecule has 5 heteroatoms. The summed E-state index contributed by atoms with van der Waals surface area (Å²) in [5, 5.41) is 8.96. The molecule has 0 aliphatic heterocycles. The summed E-state index contributed by atoms with van der Waals surface area (Å²) in [6.07, 6.45) is 0.656. The van der Waals surface area contributed by atoms with Crippen LogP contribution in [0.5, 0.6) is 0 Å². The van der Waals surface area contributed by atoms with E-state index < -0.39 is 0 Å². The number of benzene rings is 3. The van der Waals surface area contributed by atoms with Gasteiger partial charge < -0.3 is 5.73 Å². The van der Waals surface area contributed by atoms with Gasteiger partial charge in [-0.05, 0) is 42.3 Å². The van der Waals surface area contributed by atoms with E-state index in [1.54, 1.807) is 0 Å². The van der Waals surface area contributed by atoms with Crippen LogP contribution in [0, 0.1) is 0 Å². The Morgan fingerprint density at radius 2 is 1.46 bits per heavy atom. The minimum atomic E-state index is -0.0987. The monoisotopic (exact) mass is 367 g/mol. The number of nitrogens with two attached hydrogens (primary N) is 1. The van der Waals surface area contributed by atoms with E-state index in [2.05, 4.69) is 22.4 Å². The van der Waals surface area contributed by atoms with Crippen molar-refractivity contribution in [1.82, 2.24) is 9.97 Å². The van der Waals surface area contributed by atoms with Crippen molar-refractivity contribution in [2.24, 2.45) is 10.2 Å². The largest absolute Gasteiger partial charge is 0.399 e. The number of fused-ring (bicyclic) bond motifs is 1. The fourth-order valence-corrected chi connectivity index (χ4v) is 3.00. The predicted octanol–water partition coefficient (Wildman–Crippen LogP) is 5.65. The van der Waals surface area contributed by atoms with Gasteiger partial charge >= 0.3 is 0 Å². The summed E-state index contributed by atoms with van der Waals surface area (Å²) in [5.41, 5.74) is 11.2. The van der Waals surface area contributed by atoms with Crippen molar-refractivity contribution in [2.75, 3.05) is 5.73 Å². The Morgan fingerprint density at radius 3 is 2.18 bits per heavy atom. The van der Waals surface area contributed by atoms with Gasteiger partial charge in [-0.2, -0.15) is 5.11 Å². The van der Waals surface area contributed by atoms with E-state index >= 15 is 0 Å². The van der Waals surface area contributed by atoms with Gasteiger partial charge in [0, 0.05) is 12.1 Å². The summed E-state index contributed by atoms with van der Waals surface area (Å²) < 4.78 is 0. The van der Waals surface area contributed by atoms with E-state index in [1.807, 2.05) is 73.7 Å². The number of aromatic nitrogens is 2. The third kappa shape index (κ3) is 4.04. The zero-order valence-corrected chi connectivity index (χ0v) is 15.7. The highest BCUT2D eigenvalue weighted by Crippen LogP contribution is 2.25. The Morgan fingerprint density at radius 1 is 0.821 bits per heavy atom. The summed E-state index contributed by atoms with van der Waals surface area (Å²) >= 11 is 0. The van der Waals surface area contributed by atoms with Gasteiger partial charge in [0.15, 0.2) is 5.82 Å². The van der Waals surface area contributed by atoms with Gasteiger partial charge in [-0.15, -0.1) is 5.11 Å². The average Bonchev–Trinajstić information content (AvgIpc) is 2.73. The van der Waals surface area contributed by atoms with Crippen molar-refractivity contribution in [2.45, 2.75) is 19.4 Å². The third-order valence-corrected chi connectivity index (χ3v) is 4.58. The van der Waals surface area contributed by atoms with E-state index in [4.69, 9.17) is 15.7 Å². The summed E-state index contributed by atoms with van der Waals surface area (Å²) in [4.78, 5) is 9.51. The molecule has 0 saturated carbocycles. The molecule has 1 atom stereocenters. The first-order valence-corrected chi connectivity index (χ1v) is 9.25. The highest BCUT2D eigenvalue weighted by molar-refractivity contribution is 5.75. The lowest BCUT2D eigenvalue weighted by atomic mass is 10.1. The zero-order valence-electron chi connectivity index (χ0n) is 15.7. The molecule has 0 saturated heterocycles. The second-order valence-electron chi connectivity index (χ2n) is 6.70. The fraction of sp³-hybridized carbons (Fsp3) is 0.130. The number of nitrogens with zero attached hydrogens (tertiary/aromatic N) is 4. The molecule has 1 unspecified atom stereocenters. The minimum absolute atomic E-state index is 0.0987. The molecule has 0 fully saturated rings. The Balaban J connectivity index is 1.69. The zero-order chi connectivity index (χ0) is 19.3. The van der Waals surface area contributed by atoms with Crippen molar-refractivity contribution in [1.29, 1.82) is 0 Å². The highest BCUT2D eigenvalue weighted by atomic mass is 15.2. The molecule has 138 valence electrons. The maximum Gasteiger partial charge on any atom is 0.196 e. The van der Waals surface area contributed by atoms with Crippen LogP contribution in [0.2, 0.25) is 0 Å². The molecule has 2 N–H and O–H groups in total. The maximum atomic E-state index is 5.77. The molecule has 4 rings (SSSR count). The number of azo groups is 1. The molecular formula is C23H21N5. The van der Waals surface area contributed by atoms with E-state index in [0.717, 1.165) is 33.5 Å². The number of nitrogen functional groups attached to an aromatic ring is 1. The SMILES string of the molecule is CC(N=Nc1nc2ccccc2nc1Cc1ccccc1)c1ccc(N)cc1. The second kappa shape index (κ2) is 7.96. The van der Waals surface area contributed by atoms with Crippen molar-refractivity contribution >= 4 is 22.5 Å². The van der Waals surface area contributed by atoms with Gasteiger partial charge in [0.25, 0.3) is 0 Å². The van der Waals surface area contributed by atoms with Gasteiger partial charge in [0.05, 0.1) is 22.8 Å². The predicted molar refractivity (Wildman–Crippen MR) is 113 cm³/mol. The lowest BCUT2D eigenvalue weighted by molar-refractivity contribution is 0.758. The molecule has 4 aromatic rings. The van der Waals surface area contributed by atoms with Gasteiger partial charge in [-0.25, -0.2) is 9.97 Å². The Bertz CT molecular complexity index is 1100. The number of anilines is 1.